The van der Waals surface area contributed by atoms with Crippen molar-refractivity contribution in [3.63, 3.8) is 0 Å². The van der Waals surface area contributed by atoms with Crippen LogP contribution in [-0.2, 0) is 4.79 Å². The van der Waals surface area contributed by atoms with Gasteiger partial charge in [0.25, 0.3) is 5.91 Å². The Bertz CT molecular complexity index is 532. The van der Waals surface area contributed by atoms with E-state index in [1.807, 2.05) is 0 Å². The van der Waals surface area contributed by atoms with Crippen LogP contribution in [0, 0.1) is 0 Å². The summed E-state index contributed by atoms with van der Waals surface area (Å²) in [5.41, 5.74) is 0.517. The molecule has 0 spiro atoms. The average Bonchev–Trinajstić information content (AvgIpc) is 2.91. The lowest BCUT2D eigenvalue weighted by molar-refractivity contribution is -0.119. The summed E-state index contributed by atoms with van der Waals surface area (Å²) in [4.78, 5) is 37.6. The molecule has 3 rings (SSSR count). The lowest BCUT2D eigenvalue weighted by atomic mass is 10.2. The molecule has 0 atom stereocenters. The third kappa shape index (κ3) is 3.78. The van der Waals surface area contributed by atoms with Crippen LogP contribution in [0.4, 0.5) is 5.95 Å². The maximum absolute atomic E-state index is 12.5. The van der Waals surface area contributed by atoms with E-state index in [0.717, 1.165) is 19.5 Å². The first-order chi connectivity index (χ1) is 11.3. The van der Waals surface area contributed by atoms with Crippen molar-refractivity contribution in [1.29, 1.82) is 0 Å². The summed E-state index contributed by atoms with van der Waals surface area (Å²) in [6, 6.07) is 0. The number of carbonyl (C=O) groups excluding carboxylic acids is 2. The van der Waals surface area contributed by atoms with Crippen LogP contribution < -0.4 is 4.90 Å². The largest absolute Gasteiger partial charge is 0.342 e. The SMILES string of the molecule is O=CN1CCN(C(=O)c2cnc(N3CCCCCC3)nc2)CC1. The summed E-state index contributed by atoms with van der Waals surface area (Å²) in [7, 11) is 0. The Labute approximate surface area is 136 Å². The van der Waals surface area contributed by atoms with Crippen LogP contribution >= 0.6 is 0 Å². The number of rotatable bonds is 3. The van der Waals surface area contributed by atoms with E-state index in [9.17, 15) is 9.59 Å². The van der Waals surface area contributed by atoms with Gasteiger partial charge in [-0.1, -0.05) is 12.8 Å². The minimum Gasteiger partial charge on any atom is -0.342 e. The summed E-state index contributed by atoms with van der Waals surface area (Å²) in [6.07, 6.45) is 8.96. The van der Waals surface area contributed by atoms with Crippen LogP contribution in [0.5, 0.6) is 0 Å². The van der Waals surface area contributed by atoms with Crippen LogP contribution in [0.15, 0.2) is 12.4 Å². The molecule has 2 saturated heterocycles. The van der Waals surface area contributed by atoms with E-state index < -0.39 is 0 Å². The van der Waals surface area contributed by atoms with Gasteiger partial charge in [-0.05, 0) is 12.8 Å². The Balaban J connectivity index is 1.62. The van der Waals surface area contributed by atoms with Crippen LogP contribution in [0.1, 0.15) is 36.0 Å². The third-order valence-electron chi connectivity index (χ3n) is 4.52. The lowest BCUT2D eigenvalue weighted by Gasteiger charge is -2.32. The standard InChI is InChI=1S/C16H23N5O2/c22-13-19-7-9-20(10-8-19)15(23)14-11-17-16(18-12-14)21-5-3-1-2-4-6-21/h11-13H,1-10H2. The second-order valence-corrected chi connectivity index (χ2v) is 6.11. The summed E-state index contributed by atoms with van der Waals surface area (Å²) >= 11 is 0. The smallest absolute Gasteiger partial charge is 0.257 e. The minimum atomic E-state index is -0.0574. The topological polar surface area (TPSA) is 69.6 Å². The Morgan fingerprint density at radius 2 is 1.52 bits per heavy atom. The maximum atomic E-state index is 12.5. The molecule has 0 aliphatic carbocycles. The van der Waals surface area contributed by atoms with Gasteiger partial charge < -0.3 is 14.7 Å². The van der Waals surface area contributed by atoms with E-state index in [2.05, 4.69) is 14.9 Å². The summed E-state index contributed by atoms with van der Waals surface area (Å²) in [5, 5.41) is 0. The first-order valence-corrected chi connectivity index (χ1v) is 8.33. The Kier molecular flexibility index (Phi) is 5.05. The van der Waals surface area contributed by atoms with E-state index in [1.54, 1.807) is 22.2 Å². The fourth-order valence-electron chi connectivity index (χ4n) is 3.08. The molecule has 23 heavy (non-hydrogen) atoms. The van der Waals surface area contributed by atoms with Gasteiger partial charge >= 0.3 is 0 Å². The number of hydrogen-bond acceptors (Lipinski definition) is 5. The fraction of sp³-hybridized carbons (Fsp3) is 0.625. The van der Waals surface area contributed by atoms with Crippen molar-refractivity contribution < 1.29 is 9.59 Å². The molecule has 0 saturated carbocycles. The molecule has 7 nitrogen and oxygen atoms in total. The number of hydrogen-bond donors (Lipinski definition) is 0. The van der Waals surface area contributed by atoms with Crippen molar-refractivity contribution >= 4 is 18.3 Å². The average molecular weight is 317 g/mol. The Morgan fingerprint density at radius 1 is 0.913 bits per heavy atom. The molecule has 1 aromatic rings. The van der Waals surface area contributed by atoms with Crippen molar-refractivity contribution in [2.75, 3.05) is 44.2 Å². The van der Waals surface area contributed by atoms with Gasteiger partial charge in [-0.3, -0.25) is 9.59 Å². The highest BCUT2D eigenvalue weighted by Crippen LogP contribution is 2.15. The van der Waals surface area contributed by atoms with Crippen LogP contribution in [0.25, 0.3) is 0 Å². The van der Waals surface area contributed by atoms with Gasteiger partial charge in [0, 0.05) is 51.7 Å². The molecule has 2 fully saturated rings. The minimum absolute atomic E-state index is 0.0574. The zero-order chi connectivity index (χ0) is 16.1. The van der Waals surface area contributed by atoms with Gasteiger partial charge in [0.05, 0.1) is 5.56 Å². The van der Waals surface area contributed by atoms with E-state index in [0.29, 0.717) is 37.7 Å². The zero-order valence-corrected chi connectivity index (χ0v) is 13.4. The van der Waals surface area contributed by atoms with Gasteiger partial charge in [-0.2, -0.15) is 0 Å². The van der Waals surface area contributed by atoms with Crippen LogP contribution in [0.3, 0.4) is 0 Å². The first-order valence-electron chi connectivity index (χ1n) is 8.33. The quantitative estimate of drug-likeness (QED) is 0.770. The molecule has 124 valence electrons. The van der Waals surface area contributed by atoms with Crippen molar-refractivity contribution in [3.8, 4) is 0 Å². The zero-order valence-electron chi connectivity index (χ0n) is 13.4. The molecule has 3 heterocycles. The van der Waals surface area contributed by atoms with Crippen molar-refractivity contribution in [2.24, 2.45) is 0 Å². The number of piperazine rings is 1. The molecule has 1 aromatic heterocycles. The molecule has 2 amide bonds. The molecule has 2 aliphatic rings. The molecular weight excluding hydrogens is 294 g/mol. The highest BCUT2D eigenvalue weighted by molar-refractivity contribution is 5.93. The molecule has 2 aliphatic heterocycles. The molecule has 0 bridgehead atoms. The Morgan fingerprint density at radius 3 is 2.09 bits per heavy atom. The normalized spacial score (nSPS) is 19.4. The van der Waals surface area contributed by atoms with Crippen molar-refractivity contribution in [1.82, 2.24) is 19.8 Å². The Hall–Kier alpha value is -2.18. The van der Waals surface area contributed by atoms with Gasteiger partial charge in [-0.15, -0.1) is 0 Å². The number of anilines is 1. The highest BCUT2D eigenvalue weighted by atomic mass is 16.2. The number of amides is 2. The lowest BCUT2D eigenvalue weighted by Crippen LogP contribution is -2.48. The molecule has 0 N–H and O–H groups in total. The first kappa shape index (κ1) is 15.7. The van der Waals surface area contributed by atoms with Crippen molar-refractivity contribution in [3.05, 3.63) is 18.0 Å². The van der Waals surface area contributed by atoms with Gasteiger partial charge in [0.2, 0.25) is 12.4 Å². The second-order valence-electron chi connectivity index (χ2n) is 6.11. The molecular formula is C16H23N5O2. The molecule has 0 aromatic carbocycles. The maximum Gasteiger partial charge on any atom is 0.257 e. The summed E-state index contributed by atoms with van der Waals surface area (Å²) < 4.78 is 0. The number of carbonyl (C=O) groups is 2. The van der Waals surface area contributed by atoms with E-state index in [-0.39, 0.29) is 5.91 Å². The predicted molar refractivity (Wildman–Crippen MR) is 86.3 cm³/mol. The van der Waals surface area contributed by atoms with Crippen LogP contribution in [-0.4, -0.2) is 71.4 Å². The van der Waals surface area contributed by atoms with E-state index in [4.69, 9.17) is 0 Å². The fourth-order valence-corrected chi connectivity index (χ4v) is 3.08. The van der Waals surface area contributed by atoms with Crippen LogP contribution in [0.2, 0.25) is 0 Å². The third-order valence-corrected chi connectivity index (χ3v) is 4.52. The second kappa shape index (κ2) is 7.39. The number of nitrogens with zero attached hydrogens (tertiary/aromatic N) is 5. The summed E-state index contributed by atoms with van der Waals surface area (Å²) in [5.74, 6) is 0.659. The van der Waals surface area contributed by atoms with Gasteiger partial charge in [0.15, 0.2) is 0 Å². The van der Waals surface area contributed by atoms with E-state index >= 15 is 0 Å². The van der Waals surface area contributed by atoms with Crippen molar-refractivity contribution in [2.45, 2.75) is 25.7 Å². The van der Waals surface area contributed by atoms with Gasteiger partial charge in [0.1, 0.15) is 0 Å². The number of aromatic nitrogens is 2. The molecule has 7 heteroatoms. The van der Waals surface area contributed by atoms with Gasteiger partial charge in [-0.25, -0.2) is 9.97 Å². The molecule has 0 radical (unpaired) electrons. The van der Waals surface area contributed by atoms with E-state index in [1.165, 1.54) is 25.7 Å². The molecule has 0 unspecified atom stereocenters. The summed E-state index contributed by atoms with van der Waals surface area (Å²) in [6.45, 7) is 4.27. The predicted octanol–water partition coefficient (Wildman–Crippen LogP) is 0.771. The monoisotopic (exact) mass is 317 g/mol. The highest BCUT2D eigenvalue weighted by Gasteiger charge is 2.22.